The number of hydrogen-bond acceptors (Lipinski definition) is 1. The number of benzene rings is 2. The van der Waals surface area contributed by atoms with Crippen molar-refractivity contribution in [1.82, 2.24) is 10.2 Å². The van der Waals surface area contributed by atoms with Gasteiger partial charge in [0.25, 0.3) is 0 Å². The number of H-pyrrole nitrogens is 1. The third-order valence-corrected chi connectivity index (χ3v) is 3.28. The van der Waals surface area contributed by atoms with Gasteiger partial charge < -0.3 is 0 Å². The van der Waals surface area contributed by atoms with Gasteiger partial charge in [-0.3, -0.25) is 5.10 Å². The van der Waals surface area contributed by atoms with Gasteiger partial charge in [0.1, 0.15) is 5.69 Å². The van der Waals surface area contributed by atoms with E-state index >= 15 is 0 Å². The van der Waals surface area contributed by atoms with E-state index in [0.717, 1.165) is 5.69 Å². The van der Waals surface area contributed by atoms with Crippen molar-refractivity contribution in [3.63, 3.8) is 0 Å². The van der Waals surface area contributed by atoms with Crippen molar-refractivity contribution in [3.8, 4) is 33.6 Å². The summed E-state index contributed by atoms with van der Waals surface area (Å²) in [5.74, 6) is 0. The molecule has 1 aromatic heterocycles. The summed E-state index contributed by atoms with van der Waals surface area (Å²) in [6, 6.07) is 18.7. The molecule has 2 aromatic carbocycles. The molecule has 4 rings (SSSR count). The van der Waals surface area contributed by atoms with Crippen LogP contribution < -0.4 is 0 Å². The number of hydrogen-bond donors (Lipinski definition) is 1. The minimum atomic E-state index is 1.05. The van der Waals surface area contributed by atoms with Crippen LogP contribution >= 0.6 is 0 Å². The van der Waals surface area contributed by atoms with Crippen molar-refractivity contribution in [3.05, 3.63) is 54.6 Å². The fraction of sp³-hybridized carbons (Fsp3) is 0. The molecule has 1 N–H and O–H groups in total. The molecule has 0 unspecified atom stereocenters. The Labute approximate surface area is 98.9 Å². The average Bonchev–Trinajstić information content (AvgIpc) is 2.76. The fourth-order valence-electron chi connectivity index (χ4n) is 2.46. The highest BCUT2D eigenvalue weighted by Crippen LogP contribution is 2.49. The zero-order chi connectivity index (χ0) is 11.2. The second-order valence-electron chi connectivity index (χ2n) is 4.23. The summed E-state index contributed by atoms with van der Waals surface area (Å²) in [4.78, 5) is 0. The molecule has 3 aromatic rings. The van der Waals surface area contributed by atoms with Crippen molar-refractivity contribution in [2.45, 2.75) is 0 Å². The number of nitrogens with one attached hydrogen (secondary N) is 1. The van der Waals surface area contributed by atoms with Crippen LogP contribution in [0.3, 0.4) is 0 Å². The molecule has 0 spiro atoms. The second-order valence-corrected chi connectivity index (χ2v) is 4.23. The minimum absolute atomic E-state index is 1.05. The maximum absolute atomic E-state index is 4.44. The van der Waals surface area contributed by atoms with Crippen LogP contribution in [-0.2, 0) is 0 Å². The summed E-state index contributed by atoms with van der Waals surface area (Å²) >= 11 is 0. The highest BCUT2D eigenvalue weighted by atomic mass is 15.1. The summed E-state index contributed by atoms with van der Waals surface area (Å²) in [5.41, 5.74) is 7.22. The predicted octanol–water partition coefficient (Wildman–Crippen LogP) is 3.72. The first kappa shape index (κ1) is 8.76. The molecule has 0 fully saturated rings. The summed E-state index contributed by atoms with van der Waals surface area (Å²) in [6.45, 7) is 0. The van der Waals surface area contributed by atoms with Gasteiger partial charge in [0.2, 0.25) is 0 Å². The van der Waals surface area contributed by atoms with Gasteiger partial charge in [-0.15, -0.1) is 0 Å². The largest absolute Gasteiger partial charge is 0.277 e. The van der Waals surface area contributed by atoms with Crippen LogP contribution in [-0.4, -0.2) is 10.2 Å². The highest BCUT2D eigenvalue weighted by molar-refractivity contribution is 6.06. The Kier molecular flexibility index (Phi) is 1.59. The molecular weight excluding hydrogens is 208 g/mol. The average molecular weight is 218 g/mol. The normalized spacial score (nSPS) is 11.5. The Hall–Kier alpha value is -2.35. The molecule has 1 heterocycles. The van der Waals surface area contributed by atoms with Crippen molar-refractivity contribution in [1.29, 1.82) is 0 Å². The van der Waals surface area contributed by atoms with E-state index in [4.69, 9.17) is 0 Å². The summed E-state index contributed by atoms with van der Waals surface area (Å²) < 4.78 is 0. The standard InChI is InChI=1S/C15H10N2/c1-2-6-10(7-3-1)14-13-11-8-4-5-9-12(11)15(13)17-16-14/h1-9H,(H,16,17). The number of aromatic amines is 1. The first-order valence-electron chi connectivity index (χ1n) is 5.69. The van der Waals surface area contributed by atoms with E-state index in [1.807, 2.05) is 18.2 Å². The first-order valence-corrected chi connectivity index (χ1v) is 5.69. The Morgan fingerprint density at radius 2 is 1.47 bits per heavy atom. The number of rotatable bonds is 1. The van der Waals surface area contributed by atoms with Crippen molar-refractivity contribution < 1.29 is 0 Å². The van der Waals surface area contributed by atoms with Crippen LogP contribution in [0.2, 0.25) is 0 Å². The zero-order valence-electron chi connectivity index (χ0n) is 9.14. The van der Waals surface area contributed by atoms with Gasteiger partial charge in [0, 0.05) is 16.7 Å². The molecule has 2 nitrogen and oxygen atoms in total. The van der Waals surface area contributed by atoms with E-state index in [1.54, 1.807) is 0 Å². The third kappa shape index (κ3) is 1.07. The fourth-order valence-corrected chi connectivity index (χ4v) is 2.46. The molecular formula is C15H10N2. The van der Waals surface area contributed by atoms with Gasteiger partial charge in [-0.2, -0.15) is 5.10 Å². The lowest BCUT2D eigenvalue weighted by molar-refractivity contribution is 1.10. The van der Waals surface area contributed by atoms with Gasteiger partial charge in [-0.25, -0.2) is 0 Å². The van der Waals surface area contributed by atoms with Crippen LogP contribution in [0.5, 0.6) is 0 Å². The van der Waals surface area contributed by atoms with E-state index < -0.39 is 0 Å². The van der Waals surface area contributed by atoms with Crippen LogP contribution in [0.4, 0.5) is 0 Å². The molecule has 0 amide bonds. The Bertz CT molecular complexity index is 681. The monoisotopic (exact) mass is 218 g/mol. The number of aromatic nitrogens is 2. The molecule has 17 heavy (non-hydrogen) atoms. The topological polar surface area (TPSA) is 28.7 Å². The molecule has 0 saturated carbocycles. The molecule has 0 bridgehead atoms. The summed E-state index contributed by atoms with van der Waals surface area (Å²) in [5, 5.41) is 7.57. The van der Waals surface area contributed by atoms with Crippen LogP contribution in [0.15, 0.2) is 54.6 Å². The lowest BCUT2D eigenvalue weighted by Crippen LogP contribution is -1.96. The highest BCUT2D eigenvalue weighted by Gasteiger charge is 2.28. The van der Waals surface area contributed by atoms with E-state index in [-0.39, 0.29) is 0 Å². The van der Waals surface area contributed by atoms with E-state index in [1.165, 1.54) is 27.9 Å². The zero-order valence-corrected chi connectivity index (χ0v) is 9.14. The molecule has 2 heteroatoms. The van der Waals surface area contributed by atoms with Crippen LogP contribution in [0.1, 0.15) is 0 Å². The van der Waals surface area contributed by atoms with Crippen LogP contribution in [0, 0.1) is 0 Å². The Balaban J connectivity index is 1.94. The Morgan fingerprint density at radius 3 is 2.29 bits per heavy atom. The number of nitrogens with zero attached hydrogens (tertiary/aromatic N) is 1. The van der Waals surface area contributed by atoms with Crippen LogP contribution in [0.25, 0.3) is 33.6 Å². The summed E-state index contributed by atoms with van der Waals surface area (Å²) in [7, 11) is 0. The molecule has 1 aliphatic rings. The molecule has 0 saturated heterocycles. The third-order valence-electron chi connectivity index (χ3n) is 3.28. The summed E-state index contributed by atoms with van der Waals surface area (Å²) in [6.07, 6.45) is 0. The predicted molar refractivity (Wildman–Crippen MR) is 68.5 cm³/mol. The quantitative estimate of drug-likeness (QED) is 0.518. The van der Waals surface area contributed by atoms with Crippen molar-refractivity contribution >= 4 is 0 Å². The molecule has 0 atom stereocenters. The molecule has 80 valence electrons. The molecule has 0 aliphatic heterocycles. The molecule has 0 radical (unpaired) electrons. The first-order chi connectivity index (χ1) is 8.45. The lowest BCUT2D eigenvalue weighted by atomic mass is 9.83. The maximum atomic E-state index is 4.44. The smallest absolute Gasteiger partial charge is 0.101 e. The SMILES string of the molecule is c1ccc(-c2n[nH]c3c2-c2ccccc2-3)cc1. The van der Waals surface area contributed by atoms with E-state index in [0.29, 0.717) is 0 Å². The molecule has 1 aliphatic carbocycles. The van der Waals surface area contributed by atoms with E-state index in [9.17, 15) is 0 Å². The van der Waals surface area contributed by atoms with Crippen molar-refractivity contribution in [2.75, 3.05) is 0 Å². The van der Waals surface area contributed by atoms with Gasteiger partial charge in [-0.05, 0) is 5.56 Å². The second kappa shape index (κ2) is 3.08. The van der Waals surface area contributed by atoms with E-state index in [2.05, 4.69) is 46.6 Å². The van der Waals surface area contributed by atoms with Crippen molar-refractivity contribution in [2.24, 2.45) is 0 Å². The van der Waals surface area contributed by atoms with Gasteiger partial charge in [0.05, 0.1) is 5.69 Å². The lowest BCUT2D eigenvalue weighted by Gasteiger charge is -2.19. The van der Waals surface area contributed by atoms with Gasteiger partial charge >= 0.3 is 0 Å². The maximum Gasteiger partial charge on any atom is 0.101 e. The van der Waals surface area contributed by atoms with Gasteiger partial charge in [-0.1, -0.05) is 54.6 Å². The van der Waals surface area contributed by atoms with Gasteiger partial charge in [0.15, 0.2) is 0 Å². The number of fused-ring (bicyclic) bond motifs is 4. The Morgan fingerprint density at radius 1 is 0.765 bits per heavy atom. The minimum Gasteiger partial charge on any atom is -0.277 e.